The minimum Gasteiger partial charge on any atom is -0.379 e. The lowest BCUT2D eigenvalue weighted by Crippen LogP contribution is -2.58. The van der Waals surface area contributed by atoms with Gasteiger partial charge in [-0.25, -0.2) is 4.68 Å². The molecular formula is C19H26N4OS. The zero-order valence-electron chi connectivity index (χ0n) is 14.6. The van der Waals surface area contributed by atoms with Gasteiger partial charge in [-0.15, -0.1) is 0 Å². The molecule has 4 rings (SSSR count). The third kappa shape index (κ3) is 3.92. The fraction of sp³-hybridized carbons (Fsp3) is 0.526. The van der Waals surface area contributed by atoms with Crippen molar-refractivity contribution in [2.24, 2.45) is 0 Å². The number of nitrogens with one attached hydrogen (secondary N) is 1. The summed E-state index contributed by atoms with van der Waals surface area (Å²) in [6.07, 6.45) is 3.30. The van der Waals surface area contributed by atoms with Crippen molar-refractivity contribution < 1.29 is 4.74 Å². The van der Waals surface area contributed by atoms with E-state index in [9.17, 15) is 0 Å². The Kier molecular flexibility index (Phi) is 5.41. The lowest BCUT2D eigenvalue weighted by molar-refractivity contribution is -0.0134. The molecule has 0 unspecified atom stereocenters. The maximum atomic E-state index is 5.54. The van der Waals surface area contributed by atoms with Gasteiger partial charge in [-0.2, -0.15) is 16.9 Å². The van der Waals surface area contributed by atoms with E-state index >= 15 is 0 Å². The minimum atomic E-state index is 0.288. The predicted octanol–water partition coefficient (Wildman–Crippen LogP) is 2.17. The van der Waals surface area contributed by atoms with Crippen LogP contribution in [0.4, 0.5) is 0 Å². The maximum Gasteiger partial charge on any atom is 0.0766 e. The van der Waals surface area contributed by atoms with Crippen LogP contribution in [0.2, 0.25) is 0 Å². The van der Waals surface area contributed by atoms with Gasteiger partial charge in [-0.05, 0) is 30.4 Å². The van der Waals surface area contributed by atoms with Crippen LogP contribution < -0.4 is 5.32 Å². The molecule has 6 heteroatoms. The lowest BCUT2D eigenvalue weighted by Gasteiger charge is -2.43. The Morgan fingerprint density at radius 1 is 1.16 bits per heavy atom. The fourth-order valence-corrected chi connectivity index (χ4v) is 5.22. The summed E-state index contributed by atoms with van der Waals surface area (Å²) >= 11 is 2.08. The van der Waals surface area contributed by atoms with Crippen molar-refractivity contribution in [3.8, 4) is 5.69 Å². The van der Waals surface area contributed by atoms with E-state index in [1.54, 1.807) is 0 Å². The second-order valence-corrected chi connectivity index (χ2v) is 7.92. The molecule has 0 amide bonds. The number of para-hydroxylation sites is 1. The molecule has 134 valence electrons. The lowest BCUT2D eigenvalue weighted by atomic mass is 9.95. The van der Waals surface area contributed by atoms with E-state index in [2.05, 4.69) is 40.2 Å². The van der Waals surface area contributed by atoms with Gasteiger partial charge in [-0.1, -0.05) is 18.2 Å². The molecule has 0 spiro atoms. The zero-order chi connectivity index (χ0) is 17.0. The van der Waals surface area contributed by atoms with Gasteiger partial charge >= 0.3 is 0 Å². The van der Waals surface area contributed by atoms with Crippen LogP contribution in [0.5, 0.6) is 0 Å². The Labute approximate surface area is 153 Å². The second-order valence-electron chi connectivity index (χ2n) is 6.82. The molecule has 2 fully saturated rings. The van der Waals surface area contributed by atoms with Gasteiger partial charge in [0.1, 0.15) is 0 Å². The highest BCUT2D eigenvalue weighted by Crippen LogP contribution is 2.33. The van der Waals surface area contributed by atoms with Crippen molar-refractivity contribution in [1.29, 1.82) is 0 Å². The largest absolute Gasteiger partial charge is 0.379 e. The summed E-state index contributed by atoms with van der Waals surface area (Å²) in [7, 11) is 0. The summed E-state index contributed by atoms with van der Waals surface area (Å²) in [5.74, 6) is 2.49. The third-order valence-corrected chi connectivity index (χ3v) is 6.42. The van der Waals surface area contributed by atoms with Crippen molar-refractivity contribution in [1.82, 2.24) is 20.0 Å². The van der Waals surface area contributed by atoms with Crippen molar-refractivity contribution in [3.63, 3.8) is 0 Å². The van der Waals surface area contributed by atoms with Gasteiger partial charge in [0, 0.05) is 43.7 Å². The molecule has 1 N–H and O–H groups in total. The topological polar surface area (TPSA) is 42.3 Å². The molecule has 2 aliphatic rings. The molecule has 25 heavy (non-hydrogen) atoms. The molecule has 0 radical (unpaired) electrons. The summed E-state index contributed by atoms with van der Waals surface area (Å²) in [4.78, 5) is 2.64. The normalized spacial score (nSPS) is 24.6. The number of ether oxygens (including phenoxy) is 1. The van der Waals surface area contributed by atoms with Crippen LogP contribution in [0.15, 0.2) is 42.6 Å². The first-order chi connectivity index (χ1) is 12.4. The molecule has 2 aromatic rings. The number of rotatable bonds is 6. The van der Waals surface area contributed by atoms with Gasteiger partial charge in [0.25, 0.3) is 0 Å². The van der Waals surface area contributed by atoms with E-state index in [0.29, 0.717) is 0 Å². The Bertz CT molecular complexity index is 663. The van der Waals surface area contributed by atoms with Crippen molar-refractivity contribution in [2.45, 2.75) is 18.5 Å². The Morgan fingerprint density at radius 3 is 2.76 bits per heavy atom. The molecular weight excluding hydrogens is 332 g/mol. The average molecular weight is 359 g/mol. The molecule has 5 nitrogen and oxygen atoms in total. The first-order valence-corrected chi connectivity index (χ1v) is 10.2. The monoisotopic (exact) mass is 358 g/mol. The number of hydrogen-bond donors (Lipinski definition) is 1. The Hall–Kier alpha value is -1.34. The van der Waals surface area contributed by atoms with Crippen LogP contribution in [-0.4, -0.2) is 64.6 Å². The summed E-state index contributed by atoms with van der Waals surface area (Å²) in [5, 5.41) is 8.37. The van der Waals surface area contributed by atoms with Crippen LogP contribution in [0, 0.1) is 0 Å². The van der Waals surface area contributed by atoms with Gasteiger partial charge in [0.05, 0.1) is 24.6 Å². The van der Waals surface area contributed by atoms with Crippen LogP contribution in [0.3, 0.4) is 0 Å². The fourth-order valence-electron chi connectivity index (χ4n) is 3.74. The predicted molar refractivity (Wildman–Crippen MR) is 102 cm³/mol. The average Bonchev–Trinajstić information content (AvgIpc) is 3.34. The van der Waals surface area contributed by atoms with E-state index in [1.807, 2.05) is 29.1 Å². The molecule has 0 aliphatic carbocycles. The third-order valence-electron chi connectivity index (χ3n) is 5.19. The number of aromatic nitrogens is 2. The molecule has 2 saturated heterocycles. The number of thioether (sulfide) groups is 1. The van der Waals surface area contributed by atoms with Crippen LogP contribution >= 0.6 is 11.8 Å². The van der Waals surface area contributed by atoms with Gasteiger partial charge in [-0.3, -0.25) is 4.90 Å². The van der Waals surface area contributed by atoms with Crippen molar-refractivity contribution >= 4 is 11.8 Å². The van der Waals surface area contributed by atoms with Gasteiger partial charge in [0.2, 0.25) is 0 Å². The van der Waals surface area contributed by atoms with Crippen LogP contribution in [0.25, 0.3) is 5.69 Å². The number of benzene rings is 1. The zero-order valence-corrected chi connectivity index (χ0v) is 15.4. The summed E-state index contributed by atoms with van der Waals surface area (Å²) in [5.41, 5.74) is 2.48. The molecule has 2 aliphatic heterocycles. The molecule has 1 aromatic carbocycles. The van der Waals surface area contributed by atoms with Crippen molar-refractivity contribution in [2.75, 3.05) is 44.4 Å². The van der Waals surface area contributed by atoms with Crippen LogP contribution in [-0.2, 0) is 11.3 Å². The number of morpholine rings is 1. The van der Waals surface area contributed by atoms with E-state index < -0.39 is 0 Å². The Balaban J connectivity index is 1.35. The second kappa shape index (κ2) is 7.91. The molecule has 1 atom stereocenters. The highest BCUT2D eigenvalue weighted by atomic mass is 32.2. The summed E-state index contributed by atoms with van der Waals surface area (Å²) < 4.78 is 7.49. The molecule has 3 heterocycles. The van der Waals surface area contributed by atoms with E-state index in [-0.39, 0.29) is 5.54 Å². The quantitative estimate of drug-likeness (QED) is 0.857. The number of nitrogens with zero attached hydrogens (tertiary/aromatic N) is 3. The summed E-state index contributed by atoms with van der Waals surface area (Å²) in [6, 6.07) is 12.4. The minimum absolute atomic E-state index is 0.288. The van der Waals surface area contributed by atoms with E-state index in [0.717, 1.165) is 50.8 Å². The number of hydrogen-bond acceptors (Lipinski definition) is 5. The first kappa shape index (κ1) is 17.1. The Morgan fingerprint density at radius 2 is 2.00 bits per heavy atom. The smallest absolute Gasteiger partial charge is 0.0766 e. The maximum absolute atomic E-state index is 5.54. The van der Waals surface area contributed by atoms with E-state index in [1.165, 1.54) is 17.9 Å². The summed E-state index contributed by atoms with van der Waals surface area (Å²) in [6.45, 7) is 5.70. The van der Waals surface area contributed by atoms with Gasteiger partial charge < -0.3 is 10.1 Å². The highest BCUT2D eigenvalue weighted by molar-refractivity contribution is 7.99. The SMILES string of the molecule is c1ccc(-n2ccc(CNC[C@]3(N4CCOCC4)CCSC3)n2)cc1. The molecule has 0 bridgehead atoms. The molecule has 0 saturated carbocycles. The first-order valence-electron chi connectivity index (χ1n) is 9.07. The standard InChI is InChI=1S/C19H26N4OS/c1-2-4-18(5-3-1)23-8-6-17(21-23)14-20-15-19(7-13-25-16-19)22-9-11-24-12-10-22/h1-6,8,20H,7,9-16H2/t19-/m1/s1. The van der Waals surface area contributed by atoms with Crippen molar-refractivity contribution in [3.05, 3.63) is 48.3 Å². The van der Waals surface area contributed by atoms with Gasteiger partial charge in [0.15, 0.2) is 0 Å². The van der Waals surface area contributed by atoms with E-state index in [4.69, 9.17) is 9.84 Å². The van der Waals surface area contributed by atoms with Crippen LogP contribution in [0.1, 0.15) is 12.1 Å². The highest BCUT2D eigenvalue weighted by Gasteiger charge is 2.40. The molecule has 1 aromatic heterocycles.